The van der Waals surface area contributed by atoms with Crippen LogP contribution in [0.1, 0.15) is 41.2 Å². The van der Waals surface area contributed by atoms with E-state index in [0.717, 1.165) is 16.8 Å². The van der Waals surface area contributed by atoms with E-state index in [2.05, 4.69) is 4.98 Å². The van der Waals surface area contributed by atoms with Crippen LogP contribution in [0, 0.1) is 5.92 Å². The number of thiophene rings is 1. The number of aliphatic hydroxyl groups is 3. The maximum absolute atomic E-state index is 11.8. The lowest BCUT2D eigenvalue weighted by Gasteiger charge is -2.25. The zero-order valence-electron chi connectivity index (χ0n) is 16.5. The van der Waals surface area contributed by atoms with Crippen LogP contribution in [-0.4, -0.2) is 42.1 Å². The Labute approximate surface area is 176 Å². The summed E-state index contributed by atoms with van der Waals surface area (Å²) in [7, 11) is 0. The van der Waals surface area contributed by atoms with Crippen molar-refractivity contribution in [3.05, 3.63) is 51.5 Å². The monoisotopic (exact) mass is 430 g/mol. The second-order valence-corrected chi connectivity index (χ2v) is 8.53. The minimum Gasteiger partial charge on any atom is -0.476 e. The molecule has 0 unspecified atom stereocenters. The first-order valence-corrected chi connectivity index (χ1v) is 10.5. The van der Waals surface area contributed by atoms with Crippen LogP contribution in [0.4, 0.5) is 0 Å². The molecule has 158 valence electrons. The van der Waals surface area contributed by atoms with Gasteiger partial charge < -0.3 is 25.2 Å². The highest BCUT2D eigenvalue weighted by Crippen LogP contribution is 2.38. The first-order chi connectivity index (χ1) is 14.1. The van der Waals surface area contributed by atoms with Gasteiger partial charge >= 0.3 is 12.1 Å². The third-order valence-corrected chi connectivity index (χ3v) is 5.65. The van der Waals surface area contributed by atoms with Crippen LogP contribution < -0.4 is 4.74 Å². The number of benzene rings is 1. The summed E-state index contributed by atoms with van der Waals surface area (Å²) in [5.41, 5.74) is 3.77. The number of nitrogens with zero attached hydrogens (tertiary/aromatic N) is 2. The van der Waals surface area contributed by atoms with E-state index in [1.807, 2.05) is 41.3 Å². The molecule has 0 bridgehead atoms. The molecule has 30 heavy (non-hydrogen) atoms. The fourth-order valence-corrected chi connectivity index (χ4v) is 4.49. The molecule has 1 aliphatic heterocycles. The summed E-state index contributed by atoms with van der Waals surface area (Å²) in [6.07, 6.45) is -1.75. The number of imidazole rings is 1. The van der Waals surface area contributed by atoms with Crippen LogP contribution in [-0.2, 0) is 19.3 Å². The lowest BCUT2D eigenvalue weighted by molar-refractivity contribution is -0.419. The van der Waals surface area contributed by atoms with Gasteiger partial charge in [0.05, 0.1) is 11.4 Å². The third-order valence-electron chi connectivity index (χ3n) is 4.96. The average molecular weight is 430 g/mol. The fourth-order valence-electron chi connectivity index (χ4n) is 3.86. The third kappa shape index (κ3) is 3.84. The predicted octanol–water partition coefficient (Wildman–Crippen LogP) is 2.56. The van der Waals surface area contributed by atoms with E-state index in [4.69, 9.17) is 4.74 Å². The molecule has 0 spiro atoms. The van der Waals surface area contributed by atoms with E-state index in [1.54, 1.807) is 6.07 Å². The molecule has 2 aromatic heterocycles. The number of carboxylic acid groups (broad SMARTS) is 1. The number of carbonyl (C=O) groups is 1. The summed E-state index contributed by atoms with van der Waals surface area (Å²) >= 11 is 1.50. The van der Waals surface area contributed by atoms with E-state index in [0.29, 0.717) is 36.3 Å². The molecule has 9 heteroatoms. The summed E-state index contributed by atoms with van der Waals surface area (Å²) in [5.74, 6) is -0.118. The number of ether oxygens (including phenoxy) is 1. The van der Waals surface area contributed by atoms with Gasteiger partial charge in [0.25, 0.3) is 0 Å². The van der Waals surface area contributed by atoms with Crippen molar-refractivity contribution in [2.45, 2.75) is 39.3 Å². The lowest BCUT2D eigenvalue weighted by atomic mass is 9.94. The molecule has 0 aliphatic carbocycles. The molecule has 0 fully saturated rings. The average Bonchev–Trinajstić information content (AvgIpc) is 3.27. The van der Waals surface area contributed by atoms with Gasteiger partial charge in [-0.15, -0.1) is 0 Å². The molecule has 8 nitrogen and oxygen atoms in total. The zero-order valence-corrected chi connectivity index (χ0v) is 17.3. The van der Waals surface area contributed by atoms with Crippen LogP contribution in [0.3, 0.4) is 0 Å². The maximum Gasteiger partial charge on any atom is 0.453 e. The molecule has 3 heterocycles. The van der Waals surface area contributed by atoms with E-state index in [1.165, 1.54) is 11.3 Å². The van der Waals surface area contributed by atoms with Crippen molar-refractivity contribution < 1.29 is 30.0 Å². The van der Waals surface area contributed by atoms with Gasteiger partial charge in [-0.05, 0) is 59.9 Å². The highest BCUT2D eigenvalue weighted by atomic mass is 32.1. The number of aromatic carboxylic acids is 1. The number of aromatic nitrogens is 2. The summed E-state index contributed by atoms with van der Waals surface area (Å²) < 4.78 is 6.85. The van der Waals surface area contributed by atoms with Crippen LogP contribution in [0.15, 0.2) is 29.0 Å². The highest BCUT2D eigenvalue weighted by Gasteiger charge is 2.30. The van der Waals surface area contributed by atoms with Crippen LogP contribution in [0.2, 0.25) is 0 Å². The van der Waals surface area contributed by atoms with Crippen LogP contribution in [0.5, 0.6) is 5.75 Å². The molecule has 0 atom stereocenters. The van der Waals surface area contributed by atoms with Gasteiger partial charge in [0.1, 0.15) is 11.6 Å². The van der Waals surface area contributed by atoms with E-state index < -0.39 is 12.1 Å². The maximum atomic E-state index is 11.8. The SMILES string of the molecule is CC(C)Cc1cc2c(cc1OC(O)(O)O)CCc1c(C(=O)O)nc(-c3ccsc3)n1-2. The van der Waals surface area contributed by atoms with Crippen molar-refractivity contribution in [1.82, 2.24) is 9.55 Å². The number of rotatable bonds is 6. The molecule has 0 saturated carbocycles. The molecule has 1 aromatic carbocycles. The fraction of sp³-hybridized carbons (Fsp3) is 0.333. The van der Waals surface area contributed by atoms with E-state index in [9.17, 15) is 25.2 Å². The summed E-state index contributed by atoms with van der Waals surface area (Å²) in [5, 5.41) is 41.5. The Bertz CT molecular complexity index is 1100. The first kappa shape index (κ1) is 20.5. The Morgan fingerprint density at radius 2 is 2.07 bits per heavy atom. The Kier molecular flexibility index (Phi) is 5.15. The predicted molar refractivity (Wildman–Crippen MR) is 110 cm³/mol. The van der Waals surface area contributed by atoms with Crippen molar-refractivity contribution in [2.24, 2.45) is 5.92 Å². The molecular formula is C21H22N2O6S. The van der Waals surface area contributed by atoms with Crippen molar-refractivity contribution in [3.8, 4) is 22.8 Å². The Morgan fingerprint density at radius 1 is 1.30 bits per heavy atom. The number of hydrogen-bond acceptors (Lipinski definition) is 7. The smallest absolute Gasteiger partial charge is 0.453 e. The van der Waals surface area contributed by atoms with Gasteiger partial charge in [-0.2, -0.15) is 11.3 Å². The van der Waals surface area contributed by atoms with Crippen LogP contribution >= 0.6 is 11.3 Å². The standard InChI is InChI=1S/C21H22N2O6S/c1-11(2)7-14-8-16-12(9-17(14)29-21(26,27)28)3-4-15-18(20(24)25)22-19(23(15)16)13-5-6-30-10-13/h5-6,8-11,26-28H,3-4,7H2,1-2H3,(H,24,25). The van der Waals surface area contributed by atoms with Gasteiger partial charge in [0.2, 0.25) is 0 Å². The summed E-state index contributed by atoms with van der Waals surface area (Å²) in [6, 6.07) is 5.41. The van der Waals surface area contributed by atoms with Gasteiger partial charge in [0, 0.05) is 10.9 Å². The molecule has 1 aliphatic rings. The minimum absolute atomic E-state index is 0.0349. The van der Waals surface area contributed by atoms with Gasteiger partial charge in [-0.1, -0.05) is 13.8 Å². The molecule has 4 rings (SSSR count). The summed E-state index contributed by atoms with van der Waals surface area (Å²) in [6.45, 7) is 4.02. The van der Waals surface area contributed by atoms with Crippen molar-refractivity contribution in [2.75, 3.05) is 0 Å². The van der Waals surface area contributed by atoms with Crippen molar-refractivity contribution >= 4 is 17.3 Å². The quantitative estimate of drug-likeness (QED) is 0.443. The van der Waals surface area contributed by atoms with Gasteiger partial charge in [-0.3, -0.25) is 4.57 Å². The second-order valence-electron chi connectivity index (χ2n) is 7.75. The normalized spacial score (nSPS) is 13.3. The van der Waals surface area contributed by atoms with Gasteiger partial charge in [0.15, 0.2) is 5.69 Å². The largest absolute Gasteiger partial charge is 0.476 e. The number of fused-ring (bicyclic) bond motifs is 3. The lowest BCUT2D eigenvalue weighted by Crippen LogP contribution is -2.35. The van der Waals surface area contributed by atoms with E-state index in [-0.39, 0.29) is 17.4 Å². The Hall–Kier alpha value is -2.72. The number of carboxylic acids is 1. The molecular weight excluding hydrogens is 408 g/mol. The summed E-state index contributed by atoms with van der Waals surface area (Å²) in [4.78, 5) is 16.2. The van der Waals surface area contributed by atoms with Crippen molar-refractivity contribution in [3.63, 3.8) is 0 Å². The first-order valence-electron chi connectivity index (χ1n) is 9.54. The molecule has 0 radical (unpaired) electrons. The number of hydrogen-bond donors (Lipinski definition) is 4. The second kappa shape index (κ2) is 7.51. The molecule has 0 amide bonds. The Morgan fingerprint density at radius 3 is 2.67 bits per heavy atom. The zero-order chi connectivity index (χ0) is 21.6. The van der Waals surface area contributed by atoms with Crippen molar-refractivity contribution in [1.29, 1.82) is 0 Å². The Balaban J connectivity index is 1.94. The number of aryl methyl sites for hydroxylation is 1. The highest BCUT2D eigenvalue weighted by molar-refractivity contribution is 7.08. The molecule has 0 saturated heterocycles. The molecule has 3 aromatic rings. The molecule has 4 N–H and O–H groups in total. The topological polar surface area (TPSA) is 125 Å². The minimum atomic E-state index is -3.28. The van der Waals surface area contributed by atoms with E-state index >= 15 is 0 Å². The van der Waals surface area contributed by atoms with Crippen LogP contribution in [0.25, 0.3) is 17.1 Å². The van der Waals surface area contributed by atoms with Gasteiger partial charge in [-0.25, -0.2) is 9.78 Å².